The maximum absolute atomic E-state index is 11.8. The summed E-state index contributed by atoms with van der Waals surface area (Å²) in [6.07, 6.45) is -4.46. The lowest BCUT2D eigenvalue weighted by atomic mass is 9.98. The Morgan fingerprint density at radius 3 is 2.27 bits per heavy atom. The smallest absolute Gasteiger partial charge is 0.264 e. The van der Waals surface area contributed by atoms with Gasteiger partial charge in [0.1, 0.15) is 11.9 Å². The summed E-state index contributed by atoms with van der Waals surface area (Å²) in [6.45, 7) is 2.89. The Kier molecular flexibility index (Phi) is 4.18. The van der Waals surface area contributed by atoms with Gasteiger partial charge in [0, 0.05) is 12.3 Å². The number of carbonyl (C=O) groups is 1. The first-order chi connectivity index (χ1) is 5.00. The first kappa shape index (κ1) is 10.5. The molecule has 0 radical (unpaired) electrons. The van der Waals surface area contributed by atoms with E-state index in [4.69, 9.17) is 5.11 Å². The zero-order valence-corrected chi connectivity index (χ0v) is 6.55. The predicted octanol–water partition coefficient (Wildman–Crippen LogP) is 1.23. The molecule has 2 atom stereocenters. The summed E-state index contributed by atoms with van der Waals surface area (Å²) >= 11 is 0. The molecule has 0 fully saturated rings. The lowest BCUT2D eigenvalue weighted by Gasteiger charge is -2.15. The molecule has 2 nitrogen and oxygen atoms in total. The van der Waals surface area contributed by atoms with E-state index in [1.165, 1.54) is 6.92 Å². The fourth-order valence-corrected chi connectivity index (χ4v) is 0.731. The van der Waals surface area contributed by atoms with Crippen molar-refractivity contribution in [2.75, 3.05) is 0 Å². The Bertz CT molecular complexity index is 136. The molecule has 1 N–H and O–H groups in total. The second-order valence-corrected chi connectivity index (χ2v) is 2.43. The number of alkyl halides is 2. The molecule has 0 saturated heterocycles. The zero-order chi connectivity index (χ0) is 9.02. The summed E-state index contributed by atoms with van der Waals surface area (Å²) in [6, 6.07) is 0. The molecule has 2 unspecified atom stereocenters. The van der Waals surface area contributed by atoms with Gasteiger partial charge in [-0.05, 0) is 0 Å². The summed E-state index contributed by atoms with van der Waals surface area (Å²) in [4.78, 5) is 10.8. The van der Waals surface area contributed by atoms with E-state index in [1.807, 2.05) is 0 Å². The van der Waals surface area contributed by atoms with E-state index >= 15 is 0 Å². The highest BCUT2D eigenvalue weighted by atomic mass is 19.3. The van der Waals surface area contributed by atoms with Crippen molar-refractivity contribution in [3.8, 4) is 0 Å². The van der Waals surface area contributed by atoms with Crippen molar-refractivity contribution in [2.24, 2.45) is 5.92 Å². The molecule has 4 heteroatoms. The Balaban J connectivity index is 4.01. The van der Waals surface area contributed by atoms with Crippen molar-refractivity contribution < 1.29 is 18.7 Å². The minimum atomic E-state index is -2.83. The van der Waals surface area contributed by atoms with Crippen LogP contribution in [0.2, 0.25) is 0 Å². The topological polar surface area (TPSA) is 37.3 Å². The average Bonchev–Trinajstić information content (AvgIpc) is 2.00. The minimum Gasteiger partial charge on any atom is -0.386 e. The van der Waals surface area contributed by atoms with Crippen LogP contribution in [0.1, 0.15) is 20.3 Å². The fraction of sp³-hybridized carbons (Fsp3) is 0.857. The molecule has 0 aromatic carbocycles. The van der Waals surface area contributed by atoms with Crippen LogP contribution in [0.3, 0.4) is 0 Å². The molecule has 0 aliphatic heterocycles. The summed E-state index contributed by atoms with van der Waals surface area (Å²) in [5.41, 5.74) is 0. The van der Waals surface area contributed by atoms with Crippen molar-refractivity contribution in [1.82, 2.24) is 0 Å². The number of aliphatic hydroxyl groups excluding tert-OH is 1. The minimum absolute atomic E-state index is 0.185. The second-order valence-electron chi connectivity index (χ2n) is 2.43. The third kappa shape index (κ3) is 2.93. The zero-order valence-electron chi connectivity index (χ0n) is 6.55. The molecule has 11 heavy (non-hydrogen) atoms. The molecule has 0 aromatic rings. The molecule has 0 saturated carbocycles. The monoisotopic (exact) mass is 166 g/mol. The first-order valence-corrected chi connectivity index (χ1v) is 3.49. The standard InChI is InChI=1S/C7H12F2O2/c1-3-5(10)4(2)6(11)7(8)9/h4,6-7,11H,3H2,1-2H3. The van der Waals surface area contributed by atoms with Crippen molar-refractivity contribution in [2.45, 2.75) is 32.8 Å². The number of carbonyl (C=O) groups excluding carboxylic acids is 1. The molecular formula is C7H12F2O2. The Morgan fingerprint density at radius 1 is 1.55 bits per heavy atom. The van der Waals surface area contributed by atoms with Gasteiger partial charge in [-0.1, -0.05) is 13.8 Å². The van der Waals surface area contributed by atoms with Gasteiger partial charge in [-0.25, -0.2) is 8.78 Å². The maximum Gasteiger partial charge on any atom is 0.264 e. The highest BCUT2D eigenvalue weighted by Crippen LogP contribution is 2.13. The molecule has 0 rings (SSSR count). The summed E-state index contributed by atoms with van der Waals surface area (Å²) in [5, 5.41) is 8.73. The maximum atomic E-state index is 11.8. The lowest BCUT2D eigenvalue weighted by Crippen LogP contribution is -2.31. The van der Waals surface area contributed by atoms with Crippen LogP contribution in [0.25, 0.3) is 0 Å². The van der Waals surface area contributed by atoms with Crippen LogP contribution in [0.5, 0.6) is 0 Å². The van der Waals surface area contributed by atoms with Crippen LogP contribution >= 0.6 is 0 Å². The van der Waals surface area contributed by atoms with Gasteiger partial charge in [-0.2, -0.15) is 0 Å². The van der Waals surface area contributed by atoms with Gasteiger partial charge < -0.3 is 5.11 Å². The van der Waals surface area contributed by atoms with E-state index in [2.05, 4.69) is 0 Å². The molecule has 0 aliphatic carbocycles. The number of aliphatic hydroxyl groups is 1. The largest absolute Gasteiger partial charge is 0.386 e. The lowest BCUT2D eigenvalue weighted by molar-refractivity contribution is -0.129. The number of rotatable bonds is 4. The van der Waals surface area contributed by atoms with Gasteiger partial charge in [0.2, 0.25) is 0 Å². The van der Waals surface area contributed by atoms with Gasteiger partial charge in [0.05, 0.1) is 0 Å². The van der Waals surface area contributed by atoms with Crippen LogP contribution < -0.4 is 0 Å². The molecule has 0 amide bonds. The summed E-state index contributed by atoms with van der Waals surface area (Å²) < 4.78 is 23.5. The van der Waals surface area contributed by atoms with Gasteiger partial charge in [0.25, 0.3) is 6.43 Å². The fourth-order valence-electron chi connectivity index (χ4n) is 0.731. The summed E-state index contributed by atoms with van der Waals surface area (Å²) in [7, 11) is 0. The Labute approximate surface area is 64.2 Å². The van der Waals surface area contributed by atoms with Gasteiger partial charge >= 0.3 is 0 Å². The highest BCUT2D eigenvalue weighted by Gasteiger charge is 2.27. The van der Waals surface area contributed by atoms with Crippen LogP contribution in [-0.2, 0) is 4.79 Å². The van der Waals surface area contributed by atoms with E-state index in [0.717, 1.165) is 0 Å². The van der Waals surface area contributed by atoms with E-state index in [1.54, 1.807) is 6.92 Å². The summed E-state index contributed by atoms with van der Waals surface area (Å²) in [5.74, 6) is -1.29. The van der Waals surface area contributed by atoms with Gasteiger partial charge in [0.15, 0.2) is 0 Å². The Hall–Kier alpha value is -0.510. The highest BCUT2D eigenvalue weighted by molar-refractivity contribution is 5.80. The molecule has 66 valence electrons. The van der Waals surface area contributed by atoms with Crippen molar-refractivity contribution in [3.63, 3.8) is 0 Å². The molecule has 0 aliphatic rings. The van der Waals surface area contributed by atoms with Crippen molar-refractivity contribution >= 4 is 5.78 Å². The number of ketones is 1. The van der Waals surface area contributed by atoms with Crippen LogP contribution in [0.15, 0.2) is 0 Å². The predicted molar refractivity (Wildman–Crippen MR) is 36.5 cm³/mol. The third-order valence-electron chi connectivity index (χ3n) is 1.63. The van der Waals surface area contributed by atoms with Crippen LogP contribution in [0.4, 0.5) is 8.78 Å². The van der Waals surface area contributed by atoms with Crippen LogP contribution in [-0.4, -0.2) is 23.4 Å². The molecule has 0 heterocycles. The normalized spacial score (nSPS) is 16.5. The van der Waals surface area contributed by atoms with E-state index in [0.29, 0.717) is 0 Å². The van der Waals surface area contributed by atoms with Gasteiger partial charge in [-0.3, -0.25) is 4.79 Å². The van der Waals surface area contributed by atoms with E-state index in [9.17, 15) is 13.6 Å². The first-order valence-electron chi connectivity index (χ1n) is 3.49. The Morgan fingerprint density at radius 2 is 2.00 bits per heavy atom. The number of halogens is 2. The second kappa shape index (κ2) is 4.38. The molecule has 0 spiro atoms. The van der Waals surface area contributed by atoms with E-state index in [-0.39, 0.29) is 12.2 Å². The SMILES string of the molecule is CCC(=O)C(C)C(O)C(F)F. The third-order valence-corrected chi connectivity index (χ3v) is 1.63. The quantitative estimate of drug-likeness (QED) is 0.682. The number of Topliss-reactive ketones (excluding diaryl/α,β-unsaturated/α-hetero) is 1. The molecular weight excluding hydrogens is 154 g/mol. The molecule has 0 bridgehead atoms. The van der Waals surface area contributed by atoms with Crippen molar-refractivity contribution in [3.05, 3.63) is 0 Å². The number of hydrogen-bond acceptors (Lipinski definition) is 2. The van der Waals surface area contributed by atoms with Crippen molar-refractivity contribution in [1.29, 1.82) is 0 Å². The van der Waals surface area contributed by atoms with Crippen LogP contribution in [0, 0.1) is 5.92 Å². The number of hydrogen-bond donors (Lipinski definition) is 1. The average molecular weight is 166 g/mol. The van der Waals surface area contributed by atoms with E-state index < -0.39 is 18.4 Å². The molecule has 0 aromatic heterocycles. The van der Waals surface area contributed by atoms with Gasteiger partial charge in [-0.15, -0.1) is 0 Å².